The van der Waals surface area contributed by atoms with Gasteiger partial charge in [-0.05, 0) is 18.0 Å². The molecule has 0 atom stereocenters. The first-order chi connectivity index (χ1) is 8.15. The van der Waals surface area contributed by atoms with Crippen LogP contribution in [0, 0.1) is 0 Å². The Bertz CT molecular complexity index is 495. The lowest BCUT2D eigenvalue weighted by Crippen LogP contribution is -2.00. The molecule has 0 aliphatic carbocycles. The zero-order chi connectivity index (χ0) is 12.7. The van der Waals surface area contributed by atoms with Crippen molar-refractivity contribution in [3.05, 3.63) is 45.1 Å². The Morgan fingerprint density at radius 3 is 3.12 bits per heavy atom. The molecule has 88 valence electrons. The van der Waals surface area contributed by atoms with Gasteiger partial charge in [-0.3, -0.25) is 0 Å². The van der Waals surface area contributed by atoms with E-state index >= 15 is 0 Å². The van der Waals surface area contributed by atoms with Crippen LogP contribution in [0.1, 0.15) is 22.3 Å². The van der Waals surface area contributed by atoms with Gasteiger partial charge in [-0.15, -0.1) is 0 Å². The highest BCUT2D eigenvalue weighted by atomic mass is 35.5. The third kappa shape index (κ3) is 4.14. The fourth-order valence-corrected chi connectivity index (χ4v) is 1.30. The molecule has 7 heteroatoms. The van der Waals surface area contributed by atoms with Gasteiger partial charge in [-0.2, -0.15) is 0 Å². The molecule has 17 heavy (non-hydrogen) atoms. The number of hydrogen-bond acceptors (Lipinski definition) is 3. The molecule has 1 rings (SSSR count). The molecular weight excluding hydrogens is 244 g/mol. The summed E-state index contributed by atoms with van der Waals surface area (Å²) in [6.07, 6.45) is 5.24. The second kappa shape index (κ2) is 6.52. The van der Waals surface area contributed by atoms with Gasteiger partial charge < -0.3 is 5.11 Å². The van der Waals surface area contributed by atoms with E-state index in [1.165, 1.54) is 12.3 Å². The summed E-state index contributed by atoms with van der Waals surface area (Å²) >= 11 is 5.61. The summed E-state index contributed by atoms with van der Waals surface area (Å²) in [7, 11) is 0. The Kier molecular flexibility index (Phi) is 5.00. The number of aromatic carboxylic acids is 1. The minimum Gasteiger partial charge on any atom is -0.478 e. The van der Waals surface area contributed by atoms with Gasteiger partial charge in [0.2, 0.25) is 0 Å². The molecule has 0 spiro atoms. The first-order valence-corrected chi connectivity index (χ1v) is 5.09. The van der Waals surface area contributed by atoms with Crippen LogP contribution in [0.3, 0.4) is 0 Å². The van der Waals surface area contributed by atoms with E-state index in [2.05, 4.69) is 15.0 Å². The highest BCUT2D eigenvalue weighted by Crippen LogP contribution is 2.15. The van der Waals surface area contributed by atoms with Crippen LogP contribution in [0.2, 0.25) is 5.15 Å². The summed E-state index contributed by atoms with van der Waals surface area (Å²) < 4.78 is 0. The van der Waals surface area contributed by atoms with E-state index in [9.17, 15) is 4.79 Å². The molecule has 1 aromatic rings. The summed E-state index contributed by atoms with van der Waals surface area (Å²) in [5.41, 5.74) is 8.61. The van der Waals surface area contributed by atoms with Crippen molar-refractivity contribution in [1.82, 2.24) is 4.98 Å². The van der Waals surface area contributed by atoms with Crippen LogP contribution >= 0.6 is 11.6 Å². The average molecular weight is 253 g/mol. The minimum absolute atomic E-state index is 0.0880. The number of pyridine rings is 1. The second-order valence-electron chi connectivity index (χ2n) is 3.04. The largest absolute Gasteiger partial charge is 0.478 e. The second-order valence-corrected chi connectivity index (χ2v) is 3.43. The van der Waals surface area contributed by atoms with Gasteiger partial charge in [0, 0.05) is 23.2 Å². The number of nitrogens with zero attached hydrogens (tertiary/aromatic N) is 4. The fraction of sp³-hybridized carbons (Fsp3) is 0.200. The maximum Gasteiger partial charge on any atom is 0.336 e. The summed E-state index contributed by atoms with van der Waals surface area (Å²) in [5.74, 6) is -1.07. The molecule has 0 aliphatic rings. The van der Waals surface area contributed by atoms with Gasteiger partial charge in [0.05, 0.1) is 5.56 Å². The number of carboxylic acids is 1. The first-order valence-electron chi connectivity index (χ1n) is 4.71. The van der Waals surface area contributed by atoms with E-state index in [-0.39, 0.29) is 10.7 Å². The van der Waals surface area contributed by atoms with Crippen LogP contribution in [0.25, 0.3) is 16.5 Å². The standard InChI is InChI=1S/C10H9ClN4O2/c11-9-5-8(10(16)17)7(6-13-9)3-1-2-4-14-15-12/h1,3,5-6H,2,4H2,(H,16,17). The lowest BCUT2D eigenvalue weighted by atomic mass is 10.1. The van der Waals surface area contributed by atoms with Crippen LogP contribution in [0.5, 0.6) is 0 Å². The fourth-order valence-electron chi connectivity index (χ4n) is 1.15. The van der Waals surface area contributed by atoms with Crippen molar-refractivity contribution in [2.75, 3.05) is 6.54 Å². The molecule has 0 aliphatic heterocycles. The Morgan fingerprint density at radius 2 is 2.47 bits per heavy atom. The van der Waals surface area contributed by atoms with Gasteiger partial charge in [0.25, 0.3) is 0 Å². The SMILES string of the molecule is [N-]=[N+]=NCCC=Cc1cnc(Cl)cc1C(=O)O. The van der Waals surface area contributed by atoms with Crippen molar-refractivity contribution in [3.63, 3.8) is 0 Å². The van der Waals surface area contributed by atoms with E-state index in [0.717, 1.165) is 0 Å². The molecule has 0 radical (unpaired) electrons. The number of halogens is 1. The number of rotatable bonds is 5. The van der Waals surface area contributed by atoms with Crippen LogP contribution in [0.4, 0.5) is 0 Å². The summed E-state index contributed by atoms with van der Waals surface area (Å²) in [5, 5.41) is 12.4. The third-order valence-electron chi connectivity index (χ3n) is 1.89. The van der Waals surface area contributed by atoms with Gasteiger partial charge in [0.15, 0.2) is 0 Å². The molecular formula is C10H9ClN4O2. The van der Waals surface area contributed by atoms with Gasteiger partial charge in [-0.25, -0.2) is 9.78 Å². The normalized spacial score (nSPS) is 10.2. The predicted octanol–water partition coefficient (Wildman–Crippen LogP) is 3.15. The molecule has 1 aromatic heterocycles. The summed E-state index contributed by atoms with van der Waals surface area (Å²) in [6, 6.07) is 1.29. The topological polar surface area (TPSA) is 99.0 Å². The number of carbonyl (C=O) groups is 1. The van der Waals surface area contributed by atoms with E-state index in [1.807, 2.05) is 0 Å². The maximum absolute atomic E-state index is 10.9. The molecule has 1 N–H and O–H groups in total. The van der Waals surface area contributed by atoms with Crippen molar-refractivity contribution < 1.29 is 9.90 Å². The number of hydrogen-bond donors (Lipinski definition) is 1. The molecule has 1 heterocycles. The zero-order valence-electron chi connectivity index (χ0n) is 8.75. The Balaban J connectivity index is 2.83. The molecule has 0 saturated carbocycles. The lowest BCUT2D eigenvalue weighted by Gasteiger charge is -2.00. The predicted molar refractivity (Wildman–Crippen MR) is 63.9 cm³/mol. The van der Waals surface area contributed by atoms with E-state index in [1.54, 1.807) is 12.2 Å². The van der Waals surface area contributed by atoms with Crippen molar-refractivity contribution in [2.24, 2.45) is 5.11 Å². The highest BCUT2D eigenvalue weighted by molar-refractivity contribution is 6.29. The van der Waals surface area contributed by atoms with E-state index in [0.29, 0.717) is 18.5 Å². The Morgan fingerprint density at radius 1 is 1.71 bits per heavy atom. The van der Waals surface area contributed by atoms with Crippen LogP contribution in [-0.2, 0) is 0 Å². The van der Waals surface area contributed by atoms with Crippen LogP contribution in [0.15, 0.2) is 23.5 Å². The smallest absolute Gasteiger partial charge is 0.336 e. The molecule has 6 nitrogen and oxygen atoms in total. The van der Waals surface area contributed by atoms with Crippen LogP contribution < -0.4 is 0 Å². The van der Waals surface area contributed by atoms with Crippen molar-refractivity contribution >= 4 is 23.6 Å². The Hall–Kier alpha value is -2.04. The number of aromatic nitrogens is 1. The Labute approximate surface area is 102 Å². The van der Waals surface area contributed by atoms with E-state index in [4.69, 9.17) is 22.2 Å². The summed E-state index contributed by atoms with van der Waals surface area (Å²) in [4.78, 5) is 17.3. The summed E-state index contributed by atoms with van der Waals surface area (Å²) in [6.45, 7) is 0.330. The van der Waals surface area contributed by atoms with Gasteiger partial charge in [0.1, 0.15) is 5.15 Å². The number of carboxylic acid groups (broad SMARTS) is 1. The monoisotopic (exact) mass is 252 g/mol. The van der Waals surface area contributed by atoms with Crippen molar-refractivity contribution in [3.8, 4) is 0 Å². The zero-order valence-corrected chi connectivity index (χ0v) is 9.50. The molecule has 0 fully saturated rings. The highest BCUT2D eigenvalue weighted by Gasteiger charge is 2.08. The molecule has 0 bridgehead atoms. The average Bonchev–Trinajstić information content (AvgIpc) is 2.30. The van der Waals surface area contributed by atoms with Crippen molar-refractivity contribution in [2.45, 2.75) is 6.42 Å². The molecule has 0 saturated heterocycles. The number of azide groups is 1. The van der Waals surface area contributed by atoms with Crippen molar-refractivity contribution in [1.29, 1.82) is 0 Å². The molecule has 0 aromatic carbocycles. The quantitative estimate of drug-likeness (QED) is 0.286. The lowest BCUT2D eigenvalue weighted by molar-refractivity contribution is 0.0696. The van der Waals surface area contributed by atoms with Crippen LogP contribution in [-0.4, -0.2) is 22.6 Å². The molecule has 0 unspecified atom stereocenters. The van der Waals surface area contributed by atoms with Gasteiger partial charge in [-0.1, -0.05) is 28.9 Å². The minimum atomic E-state index is -1.07. The van der Waals surface area contributed by atoms with E-state index < -0.39 is 5.97 Å². The maximum atomic E-state index is 10.9. The molecule has 0 amide bonds. The van der Waals surface area contributed by atoms with Gasteiger partial charge >= 0.3 is 5.97 Å². The first kappa shape index (κ1) is 13.0. The third-order valence-corrected chi connectivity index (χ3v) is 2.09.